The maximum atomic E-state index is 11.9. The lowest BCUT2D eigenvalue weighted by atomic mass is 9.98. The molecule has 21 heavy (non-hydrogen) atoms. The van der Waals surface area contributed by atoms with Crippen molar-refractivity contribution in [1.29, 1.82) is 0 Å². The quantitative estimate of drug-likeness (QED) is 0.616. The van der Waals surface area contributed by atoms with Gasteiger partial charge in [0.15, 0.2) is 0 Å². The fourth-order valence-electron chi connectivity index (χ4n) is 2.41. The zero-order chi connectivity index (χ0) is 15.1. The van der Waals surface area contributed by atoms with Crippen molar-refractivity contribution < 1.29 is 19.1 Å². The number of esters is 2. The summed E-state index contributed by atoms with van der Waals surface area (Å²) in [6.07, 6.45) is 5.51. The molecule has 0 N–H and O–H groups in total. The Labute approximate surface area is 129 Å². The maximum Gasteiger partial charge on any atom is 0.338 e. The largest absolute Gasteiger partial charge is 0.465 e. The van der Waals surface area contributed by atoms with Gasteiger partial charge in [-0.2, -0.15) is 0 Å². The van der Waals surface area contributed by atoms with Crippen LogP contribution in [0.2, 0.25) is 0 Å². The molecule has 1 saturated carbocycles. The molecule has 0 aromatic heterocycles. The lowest BCUT2D eigenvalue weighted by Gasteiger charge is -2.21. The first kappa shape index (κ1) is 15.9. The Morgan fingerprint density at radius 1 is 1.19 bits per heavy atom. The van der Waals surface area contributed by atoms with Crippen LogP contribution in [-0.4, -0.2) is 30.9 Å². The van der Waals surface area contributed by atoms with Crippen molar-refractivity contribution in [2.24, 2.45) is 0 Å². The summed E-state index contributed by atoms with van der Waals surface area (Å²) >= 11 is 1.31. The van der Waals surface area contributed by atoms with Gasteiger partial charge in [0.05, 0.1) is 18.4 Å². The van der Waals surface area contributed by atoms with Crippen LogP contribution >= 0.6 is 11.8 Å². The van der Waals surface area contributed by atoms with E-state index in [9.17, 15) is 9.59 Å². The minimum absolute atomic E-state index is 0.0719. The highest BCUT2D eigenvalue weighted by Gasteiger charge is 2.18. The molecular formula is C16H20O4S. The second kappa shape index (κ2) is 8.08. The molecule has 1 aromatic carbocycles. The van der Waals surface area contributed by atoms with E-state index in [2.05, 4.69) is 0 Å². The van der Waals surface area contributed by atoms with Crippen molar-refractivity contribution >= 4 is 23.7 Å². The Morgan fingerprint density at radius 2 is 1.90 bits per heavy atom. The van der Waals surface area contributed by atoms with Gasteiger partial charge in [-0.15, -0.1) is 11.8 Å². The molecule has 0 amide bonds. The van der Waals surface area contributed by atoms with Gasteiger partial charge in [0.1, 0.15) is 6.10 Å². The fraction of sp³-hybridized carbons (Fsp3) is 0.500. The number of hydrogen-bond donors (Lipinski definition) is 0. The van der Waals surface area contributed by atoms with Crippen LogP contribution in [0.25, 0.3) is 0 Å². The van der Waals surface area contributed by atoms with Crippen LogP contribution < -0.4 is 0 Å². The summed E-state index contributed by atoms with van der Waals surface area (Å²) in [4.78, 5) is 24.3. The molecule has 2 rings (SSSR count). The summed E-state index contributed by atoms with van der Waals surface area (Å²) in [5, 5.41) is 0. The van der Waals surface area contributed by atoms with Crippen molar-refractivity contribution in [3.05, 3.63) is 29.8 Å². The Morgan fingerprint density at radius 3 is 2.62 bits per heavy atom. The van der Waals surface area contributed by atoms with Gasteiger partial charge >= 0.3 is 11.9 Å². The minimum atomic E-state index is -0.390. The predicted octanol–water partition coefficient (Wildman–Crippen LogP) is 3.44. The summed E-state index contributed by atoms with van der Waals surface area (Å²) in [7, 11) is 1.35. The maximum absolute atomic E-state index is 11.9. The van der Waals surface area contributed by atoms with Gasteiger partial charge < -0.3 is 9.47 Å². The van der Waals surface area contributed by atoms with E-state index in [0.717, 1.165) is 30.6 Å². The first-order chi connectivity index (χ1) is 10.2. The summed E-state index contributed by atoms with van der Waals surface area (Å²) in [6.45, 7) is 0. The highest BCUT2D eigenvalue weighted by molar-refractivity contribution is 8.00. The minimum Gasteiger partial charge on any atom is -0.465 e. The number of rotatable bonds is 5. The van der Waals surface area contributed by atoms with E-state index in [1.165, 1.54) is 25.3 Å². The molecule has 1 aromatic rings. The van der Waals surface area contributed by atoms with Gasteiger partial charge in [0.2, 0.25) is 0 Å². The zero-order valence-corrected chi connectivity index (χ0v) is 13.0. The summed E-state index contributed by atoms with van der Waals surface area (Å²) in [5.74, 6) is -0.393. The zero-order valence-electron chi connectivity index (χ0n) is 12.2. The number of hydrogen-bond acceptors (Lipinski definition) is 5. The van der Waals surface area contributed by atoms with E-state index in [1.807, 2.05) is 12.1 Å². The van der Waals surface area contributed by atoms with E-state index < -0.39 is 5.97 Å². The molecule has 0 radical (unpaired) electrons. The number of benzene rings is 1. The van der Waals surface area contributed by atoms with Gasteiger partial charge in [-0.3, -0.25) is 4.79 Å². The highest BCUT2D eigenvalue weighted by Crippen LogP contribution is 2.25. The summed E-state index contributed by atoms with van der Waals surface area (Å²) < 4.78 is 10.2. The van der Waals surface area contributed by atoms with Gasteiger partial charge in [-0.25, -0.2) is 4.79 Å². The molecule has 114 valence electrons. The molecule has 0 spiro atoms. The summed E-state index contributed by atoms with van der Waals surface area (Å²) in [5.41, 5.74) is 0.482. The van der Waals surface area contributed by atoms with Crippen LogP contribution in [-0.2, 0) is 14.3 Å². The SMILES string of the molecule is COC(=O)c1ccccc1SCC(=O)OC1CCCCC1. The van der Waals surface area contributed by atoms with E-state index in [1.54, 1.807) is 12.1 Å². The normalized spacial score (nSPS) is 15.5. The predicted molar refractivity (Wildman–Crippen MR) is 81.5 cm³/mol. The first-order valence-electron chi connectivity index (χ1n) is 7.20. The van der Waals surface area contributed by atoms with Crippen LogP contribution in [0.15, 0.2) is 29.2 Å². The number of ether oxygens (including phenoxy) is 2. The lowest BCUT2D eigenvalue weighted by Crippen LogP contribution is -2.22. The van der Waals surface area contributed by atoms with Crippen LogP contribution in [0.3, 0.4) is 0 Å². The van der Waals surface area contributed by atoms with E-state index in [4.69, 9.17) is 9.47 Å². The molecule has 0 bridgehead atoms. The van der Waals surface area contributed by atoms with Crippen molar-refractivity contribution in [1.82, 2.24) is 0 Å². The highest BCUT2D eigenvalue weighted by atomic mass is 32.2. The van der Waals surface area contributed by atoms with Crippen molar-refractivity contribution in [2.45, 2.75) is 43.1 Å². The Kier molecular flexibility index (Phi) is 6.11. The van der Waals surface area contributed by atoms with Crippen molar-refractivity contribution in [2.75, 3.05) is 12.9 Å². The Hall–Kier alpha value is -1.49. The number of carbonyl (C=O) groups excluding carboxylic acids is 2. The monoisotopic (exact) mass is 308 g/mol. The Bertz CT molecular complexity index is 495. The van der Waals surface area contributed by atoms with Crippen molar-refractivity contribution in [3.8, 4) is 0 Å². The molecule has 0 saturated heterocycles. The van der Waals surface area contributed by atoms with Gasteiger partial charge in [0.25, 0.3) is 0 Å². The molecule has 5 heteroatoms. The average Bonchev–Trinajstić information content (AvgIpc) is 2.53. The van der Waals surface area contributed by atoms with Gasteiger partial charge in [-0.1, -0.05) is 18.6 Å². The molecule has 0 atom stereocenters. The fourth-order valence-corrected chi connectivity index (χ4v) is 3.23. The second-order valence-electron chi connectivity index (χ2n) is 5.03. The van der Waals surface area contributed by atoms with Crippen LogP contribution in [0.4, 0.5) is 0 Å². The lowest BCUT2D eigenvalue weighted by molar-refractivity contribution is -0.147. The molecule has 0 aliphatic heterocycles. The van der Waals surface area contributed by atoms with E-state index in [0.29, 0.717) is 5.56 Å². The van der Waals surface area contributed by atoms with Gasteiger partial charge in [-0.05, 0) is 37.8 Å². The van der Waals surface area contributed by atoms with Gasteiger partial charge in [0, 0.05) is 4.90 Å². The number of methoxy groups -OCH3 is 1. The van der Waals surface area contributed by atoms with E-state index >= 15 is 0 Å². The second-order valence-corrected chi connectivity index (χ2v) is 6.04. The van der Waals surface area contributed by atoms with Crippen LogP contribution in [0.5, 0.6) is 0 Å². The smallest absolute Gasteiger partial charge is 0.338 e. The molecule has 0 unspecified atom stereocenters. The van der Waals surface area contributed by atoms with Crippen LogP contribution in [0, 0.1) is 0 Å². The average molecular weight is 308 g/mol. The van der Waals surface area contributed by atoms with Crippen molar-refractivity contribution in [3.63, 3.8) is 0 Å². The molecule has 1 aliphatic rings. The number of thioether (sulfide) groups is 1. The number of carbonyl (C=O) groups is 2. The molecule has 0 heterocycles. The Balaban J connectivity index is 1.87. The van der Waals surface area contributed by atoms with Crippen LogP contribution in [0.1, 0.15) is 42.5 Å². The first-order valence-corrected chi connectivity index (χ1v) is 8.19. The molecule has 1 aliphatic carbocycles. The third-order valence-electron chi connectivity index (χ3n) is 3.49. The molecule has 1 fully saturated rings. The summed E-state index contributed by atoms with van der Waals surface area (Å²) in [6, 6.07) is 7.11. The molecule has 4 nitrogen and oxygen atoms in total. The van der Waals surface area contributed by atoms with E-state index in [-0.39, 0.29) is 17.8 Å². The topological polar surface area (TPSA) is 52.6 Å². The molecular weight excluding hydrogens is 288 g/mol. The third kappa shape index (κ3) is 4.77. The standard InChI is InChI=1S/C16H20O4S/c1-19-16(18)13-9-5-6-10-14(13)21-11-15(17)20-12-7-3-2-4-8-12/h5-6,9-10,12H,2-4,7-8,11H2,1H3. The third-order valence-corrected chi connectivity index (χ3v) is 4.54.